The number of aldehydes is 1. The van der Waals surface area contributed by atoms with E-state index in [2.05, 4.69) is 15.2 Å². The molecule has 15 heteroatoms. The predicted octanol–water partition coefficient (Wildman–Crippen LogP) is 6.54. The van der Waals surface area contributed by atoms with Crippen molar-refractivity contribution in [2.24, 2.45) is 5.92 Å². The fourth-order valence-electron chi connectivity index (χ4n) is 7.66. The highest BCUT2D eigenvalue weighted by molar-refractivity contribution is 6.04. The molecule has 2 aromatic heterocycles. The molecule has 2 fully saturated rings. The molecule has 6 rings (SSSR count). The van der Waals surface area contributed by atoms with Crippen LogP contribution in [0.3, 0.4) is 0 Å². The Morgan fingerprint density at radius 2 is 1.77 bits per heavy atom. The molecular formula is C41H50F3N7O5. The maximum atomic E-state index is 13.4. The van der Waals surface area contributed by atoms with E-state index in [4.69, 9.17) is 9.84 Å². The zero-order valence-corrected chi connectivity index (χ0v) is 32.3. The average Bonchev–Trinajstić information content (AvgIpc) is 3.61. The zero-order valence-electron chi connectivity index (χ0n) is 32.3. The molecular weight excluding hydrogens is 727 g/mol. The second-order valence-corrected chi connectivity index (χ2v) is 15.3. The van der Waals surface area contributed by atoms with Gasteiger partial charge >= 0.3 is 6.18 Å². The molecule has 300 valence electrons. The van der Waals surface area contributed by atoms with E-state index in [0.29, 0.717) is 54.4 Å². The number of aliphatic hydroxyl groups is 1. The quantitative estimate of drug-likeness (QED) is 0.145. The number of hydrogen-bond acceptors (Lipinski definition) is 9. The minimum absolute atomic E-state index is 0.00853. The van der Waals surface area contributed by atoms with Gasteiger partial charge in [0.25, 0.3) is 11.8 Å². The first-order valence-corrected chi connectivity index (χ1v) is 19.1. The molecule has 0 aliphatic carbocycles. The van der Waals surface area contributed by atoms with Crippen LogP contribution in [0.15, 0.2) is 54.7 Å². The van der Waals surface area contributed by atoms with Crippen molar-refractivity contribution in [3.8, 4) is 5.75 Å². The number of anilines is 2. The largest absolute Gasteiger partial charge is 0.495 e. The first kappa shape index (κ1) is 40.6. The topological polar surface area (TPSA) is 133 Å². The van der Waals surface area contributed by atoms with Gasteiger partial charge in [0, 0.05) is 74.6 Å². The van der Waals surface area contributed by atoms with Crippen molar-refractivity contribution in [1.82, 2.24) is 24.6 Å². The van der Waals surface area contributed by atoms with Crippen molar-refractivity contribution >= 4 is 40.4 Å². The van der Waals surface area contributed by atoms with Crippen LogP contribution in [0.5, 0.6) is 5.75 Å². The number of aromatic nitrogens is 3. The molecule has 4 heterocycles. The summed E-state index contributed by atoms with van der Waals surface area (Å²) < 4.78 is 47.1. The van der Waals surface area contributed by atoms with E-state index in [-0.39, 0.29) is 23.3 Å². The molecule has 2 aromatic carbocycles. The number of halogens is 3. The van der Waals surface area contributed by atoms with Gasteiger partial charge < -0.3 is 34.7 Å². The second-order valence-electron chi connectivity index (χ2n) is 15.3. The highest BCUT2D eigenvalue weighted by Gasteiger charge is 2.33. The van der Waals surface area contributed by atoms with E-state index >= 15 is 0 Å². The SMILES string of the molecule is COc1ccc(C(=O)N2CCC(CCN3CCC(n4cc5cc(NC(=O)c6cccc(C(F)(F)F)n6)c(C(C)(C)O)cc5n4)CC3)CC2)cc1N(C)CCC=O. The molecule has 0 bridgehead atoms. The Labute approximate surface area is 324 Å². The first-order valence-electron chi connectivity index (χ1n) is 19.1. The van der Waals surface area contributed by atoms with Crippen LogP contribution in [0.2, 0.25) is 0 Å². The van der Waals surface area contributed by atoms with E-state index in [1.165, 1.54) is 6.07 Å². The first-order chi connectivity index (χ1) is 26.6. The summed E-state index contributed by atoms with van der Waals surface area (Å²) in [5.74, 6) is 0.388. The number of carbonyl (C=O) groups excluding carboxylic acids is 3. The number of hydrogen-bond donors (Lipinski definition) is 2. The molecule has 2 amide bonds. The average molecular weight is 778 g/mol. The van der Waals surface area contributed by atoms with Crippen molar-refractivity contribution < 1.29 is 37.4 Å². The normalized spacial score (nSPS) is 16.2. The molecule has 2 aliphatic rings. The lowest BCUT2D eigenvalue weighted by Crippen LogP contribution is -2.40. The molecule has 4 aromatic rings. The van der Waals surface area contributed by atoms with Crippen LogP contribution < -0.4 is 15.0 Å². The highest BCUT2D eigenvalue weighted by atomic mass is 19.4. The van der Waals surface area contributed by atoms with Gasteiger partial charge in [-0.15, -0.1) is 0 Å². The number of nitrogens with one attached hydrogen (secondary N) is 1. The number of benzene rings is 2. The molecule has 0 unspecified atom stereocenters. The van der Waals surface area contributed by atoms with E-state index in [0.717, 1.165) is 81.2 Å². The Balaban J connectivity index is 1.01. The van der Waals surface area contributed by atoms with Crippen molar-refractivity contribution in [3.63, 3.8) is 0 Å². The van der Waals surface area contributed by atoms with Gasteiger partial charge in [-0.25, -0.2) is 4.98 Å². The van der Waals surface area contributed by atoms with Crippen LogP contribution in [0.4, 0.5) is 24.5 Å². The van der Waals surface area contributed by atoms with Crippen LogP contribution in [0, 0.1) is 5.92 Å². The van der Waals surface area contributed by atoms with E-state index in [1.807, 2.05) is 39.9 Å². The van der Waals surface area contributed by atoms with Crippen LogP contribution in [-0.4, -0.2) is 101 Å². The van der Waals surface area contributed by atoms with E-state index in [9.17, 15) is 32.7 Å². The summed E-state index contributed by atoms with van der Waals surface area (Å²) in [5.41, 5.74) is -0.248. The summed E-state index contributed by atoms with van der Waals surface area (Å²) >= 11 is 0. The Morgan fingerprint density at radius 3 is 2.43 bits per heavy atom. The molecule has 56 heavy (non-hydrogen) atoms. The van der Waals surface area contributed by atoms with Gasteiger partial charge in [-0.05, 0) is 101 Å². The zero-order chi connectivity index (χ0) is 40.2. The lowest BCUT2D eigenvalue weighted by Gasteiger charge is -2.35. The van der Waals surface area contributed by atoms with Gasteiger partial charge in [0.15, 0.2) is 0 Å². The standard InChI is InChI=1S/C41H50F3N7O5/c1-40(2,55)31-25-33-29(23-34(31)46-38(53)32-7-5-8-37(45-32)41(42,43)44)26-51(47-33)30-14-18-49(19-15-30)17-11-27-12-20-50(21-13-27)39(54)28-9-10-36(56-4)35(24-28)48(3)16-6-22-52/h5,7-10,22-27,30,55H,6,11-21H2,1-4H3,(H,46,53). The molecule has 12 nitrogen and oxygen atoms in total. The number of methoxy groups -OCH3 is 1. The van der Waals surface area contributed by atoms with Gasteiger partial charge in [0.05, 0.1) is 30.0 Å². The molecule has 2 saturated heterocycles. The van der Waals surface area contributed by atoms with Crippen LogP contribution in [0.25, 0.3) is 10.9 Å². The van der Waals surface area contributed by atoms with Gasteiger partial charge in [-0.2, -0.15) is 18.3 Å². The minimum atomic E-state index is -4.69. The number of amides is 2. The van der Waals surface area contributed by atoms with Gasteiger partial charge in [-0.3, -0.25) is 14.3 Å². The van der Waals surface area contributed by atoms with Crippen molar-refractivity contribution in [2.75, 3.05) is 63.6 Å². The number of ether oxygens (including phenoxy) is 1. The second kappa shape index (κ2) is 17.0. The number of carbonyl (C=O) groups is 3. The summed E-state index contributed by atoms with van der Waals surface area (Å²) in [6.45, 7) is 7.91. The van der Waals surface area contributed by atoms with Gasteiger partial charge in [0.1, 0.15) is 23.4 Å². The lowest BCUT2D eigenvalue weighted by atomic mass is 9.92. The summed E-state index contributed by atoms with van der Waals surface area (Å²) in [7, 11) is 3.48. The molecule has 0 spiro atoms. The monoisotopic (exact) mass is 777 g/mol. The number of fused-ring (bicyclic) bond motifs is 1. The lowest BCUT2D eigenvalue weighted by molar-refractivity contribution is -0.141. The van der Waals surface area contributed by atoms with E-state index in [1.54, 1.807) is 39.2 Å². The molecule has 0 atom stereocenters. The van der Waals surface area contributed by atoms with Gasteiger partial charge in [0.2, 0.25) is 0 Å². The molecule has 0 radical (unpaired) electrons. The summed E-state index contributed by atoms with van der Waals surface area (Å²) in [5, 5.41) is 19.2. The summed E-state index contributed by atoms with van der Waals surface area (Å²) in [6.07, 6.45) is 3.27. The Kier molecular flexibility index (Phi) is 12.3. The number of alkyl halides is 3. The van der Waals surface area contributed by atoms with Crippen molar-refractivity contribution in [2.45, 2.75) is 70.2 Å². The van der Waals surface area contributed by atoms with Crippen molar-refractivity contribution in [1.29, 1.82) is 0 Å². The number of nitrogens with zero attached hydrogens (tertiary/aromatic N) is 6. The maximum absolute atomic E-state index is 13.4. The number of piperidine rings is 2. The fraction of sp³-hybridized carbons (Fsp3) is 0.488. The summed E-state index contributed by atoms with van der Waals surface area (Å²) in [6, 6.07) is 12.2. The molecule has 2 N–H and O–H groups in total. The third kappa shape index (κ3) is 9.49. The number of pyridine rings is 1. The summed E-state index contributed by atoms with van der Waals surface area (Å²) in [4.78, 5) is 47.2. The smallest absolute Gasteiger partial charge is 0.433 e. The van der Waals surface area contributed by atoms with Crippen LogP contribution >= 0.6 is 0 Å². The van der Waals surface area contributed by atoms with Crippen molar-refractivity contribution in [3.05, 3.63) is 77.2 Å². The Bertz CT molecular complexity index is 2030. The van der Waals surface area contributed by atoms with E-state index < -0.39 is 23.4 Å². The van der Waals surface area contributed by atoms with Crippen LogP contribution in [0.1, 0.15) is 90.5 Å². The maximum Gasteiger partial charge on any atom is 0.433 e. The molecule has 2 aliphatic heterocycles. The van der Waals surface area contributed by atoms with Gasteiger partial charge in [-0.1, -0.05) is 6.07 Å². The van der Waals surface area contributed by atoms with Crippen LogP contribution in [-0.2, 0) is 16.6 Å². The predicted molar refractivity (Wildman–Crippen MR) is 207 cm³/mol. The third-order valence-electron chi connectivity index (χ3n) is 10.9. The highest BCUT2D eigenvalue weighted by Crippen LogP contribution is 2.35. The Morgan fingerprint density at radius 1 is 1.04 bits per heavy atom. The Hall–Kier alpha value is -5.02. The minimum Gasteiger partial charge on any atom is -0.495 e. The third-order valence-corrected chi connectivity index (χ3v) is 10.9. The fourth-order valence-corrected chi connectivity index (χ4v) is 7.66. The molecule has 0 saturated carbocycles. The number of likely N-dealkylation sites (tertiary alicyclic amines) is 2. The number of rotatable bonds is 13.